The molecule has 0 radical (unpaired) electrons. The summed E-state index contributed by atoms with van der Waals surface area (Å²) < 4.78 is 26.2. The Morgan fingerprint density at radius 3 is 2.33 bits per heavy atom. The van der Waals surface area contributed by atoms with Gasteiger partial charge in [0.25, 0.3) is 5.91 Å². The van der Waals surface area contributed by atoms with E-state index in [1.165, 1.54) is 10.6 Å². The first-order valence-electron chi connectivity index (χ1n) is 9.14. The average Bonchev–Trinajstić information content (AvgIpc) is 2.61. The maximum atomic E-state index is 12.4. The van der Waals surface area contributed by atoms with Gasteiger partial charge in [0.1, 0.15) is 0 Å². The molecular formula is C21H28N2O3S. The highest BCUT2D eigenvalue weighted by Crippen LogP contribution is 2.26. The predicted octanol–water partition coefficient (Wildman–Crippen LogP) is 3.80. The van der Waals surface area contributed by atoms with Gasteiger partial charge in [-0.1, -0.05) is 37.6 Å². The van der Waals surface area contributed by atoms with E-state index in [9.17, 15) is 13.2 Å². The molecule has 6 heteroatoms. The standard InChI is InChI=1S/C21H28N2O3S/c1-5-6-13-22-21(24)19-11-9-18(10-12-19)15-23(27(4,25)26)20-14-16(2)7-8-17(20)3/h7-12,14H,5-6,13,15H2,1-4H3,(H,22,24). The molecule has 5 nitrogen and oxygen atoms in total. The second kappa shape index (κ2) is 9.04. The second-order valence-electron chi connectivity index (χ2n) is 6.87. The van der Waals surface area contributed by atoms with Crippen LogP contribution in [-0.2, 0) is 16.6 Å². The molecule has 0 bridgehead atoms. The number of amides is 1. The van der Waals surface area contributed by atoms with Crippen LogP contribution in [0.3, 0.4) is 0 Å². The molecule has 0 aliphatic heterocycles. The van der Waals surface area contributed by atoms with Crippen molar-refractivity contribution in [3.8, 4) is 0 Å². The lowest BCUT2D eigenvalue weighted by molar-refractivity contribution is 0.0953. The van der Waals surface area contributed by atoms with Crippen LogP contribution in [-0.4, -0.2) is 27.1 Å². The van der Waals surface area contributed by atoms with Crippen LogP contribution in [0.15, 0.2) is 42.5 Å². The lowest BCUT2D eigenvalue weighted by Gasteiger charge is -2.25. The van der Waals surface area contributed by atoms with Gasteiger partial charge in [-0.05, 0) is 55.2 Å². The fourth-order valence-corrected chi connectivity index (χ4v) is 3.71. The quantitative estimate of drug-likeness (QED) is 0.700. The van der Waals surface area contributed by atoms with E-state index in [1.807, 2.05) is 32.0 Å². The zero-order valence-electron chi connectivity index (χ0n) is 16.5. The molecule has 0 saturated heterocycles. The summed E-state index contributed by atoms with van der Waals surface area (Å²) in [5.41, 5.74) is 3.99. The number of hydrogen-bond acceptors (Lipinski definition) is 3. The molecule has 2 aromatic carbocycles. The van der Waals surface area contributed by atoms with E-state index in [0.29, 0.717) is 17.8 Å². The number of unbranched alkanes of at least 4 members (excludes halogenated alkanes) is 1. The molecule has 0 saturated carbocycles. The van der Waals surface area contributed by atoms with Crippen LogP contribution in [0.2, 0.25) is 0 Å². The summed E-state index contributed by atoms with van der Waals surface area (Å²) >= 11 is 0. The highest BCUT2D eigenvalue weighted by Gasteiger charge is 2.20. The molecule has 0 unspecified atom stereocenters. The molecular weight excluding hydrogens is 360 g/mol. The van der Waals surface area contributed by atoms with Gasteiger partial charge in [0.05, 0.1) is 18.5 Å². The molecule has 0 aliphatic carbocycles. The van der Waals surface area contributed by atoms with Gasteiger partial charge in [0, 0.05) is 12.1 Å². The lowest BCUT2D eigenvalue weighted by Crippen LogP contribution is -2.30. The first-order chi connectivity index (χ1) is 12.7. The Kier molecular flexibility index (Phi) is 7.02. The molecule has 2 rings (SSSR count). The van der Waals surface area contributed by atoms with Gasteiger partial charge in [-0.15, -0.1) is 0 Å². The Morgan fingerprint density at radius 2 is 1.74 bits per heavy atom. The van der Waals surface area contributed by atoms with E-state index in [1.54, 1.807) is 24.3 Å². The smallest absolute Gasteiger partial charge is 0.251 e. The van der Waals surface area contributed by atoms with Crippen LogP contribution < -0.4 is 9.62 Å². The summed E-state index contributed by atoms with van der Waals surface area (Å²) in [4.78, 5) is 12.1. The molecule has 0 spiro atoms. The molecule has 27 heavy (non-hydrogen) atoms. The van der Waals surface area contributed by atoms with E-state index in [-0.39, 0.29) is 12.5 Å². The number of nitrogens with one attached hydrogen (secondary N) is 1. The summed E-state index contributed by atoms with van der Waals surface area (Å²) in [7, 11) is -3.44. The van der Waals surface area contributed by atoms with Crippen molar-refractivity contribution in [1.29, 1.82) is 0 Å². The zero-order chi connectivity index (χ0) is 20.0. The van der Waals surface area contributed by atoms with Crippen LogP contribution in [0.4, 0.5) is 5.69 Å². The minimum Gasteiger partial charge on any atom is -0.352 e. The van der Waals surface area contributed by atoms with Crippen LogP contribution >= 0.6 is 0 Å². The fourth-order valence-electron chi connectivity index (χ4n) is 2.78. The number of anilines is 1. The predicted molar refractivity (Wildman–Crippen MR) is 111 cm³/mol. The topological polar surface area (TPSA) is 66.5 Å². The molecule has 1 amide bonds. The summed E-state index contributed by atoms with van der Waals surface area (Å²) in [5, 5.41) is 2.88. The number of carbonyl (C=O) groups is 1. The third-order valence-electron chi connectivity index (χ3n) is 4.39. The van der Waals surface area contributed by atoms with E-state index < -0.39 is 10.0 Å². The zero-order valence-corrected chi connectivity index (χ0v) is 17.3. The minimum absolute atomic E-state index is 0.107. The maximum absolute atomic E-state index is 12.4. The first-order valence-corrected chi connectivity index (χ1v) is 11.0. The molecule has 0 aliphatic rings. The third-order valence-corrected chi connectivity index (χ3v) is 5.52. The number of aryl methyl sites for hydroxylation is 2. The SMILES string of the molecule is CCCCNC(=O)c1ccc(CN(c2cc(C)ccc2C)S(C)(=O)=O)cc1. The Balaban J connectivity index is 2.21. The first kappa shape index (κ1) is 21.0. The van der Waals surface area contributed by atoms with Crippen molar-refractivity contribution in [2.45, 2.75) is 40.2 Å². The Labute approximate surface area is 162 Å². The average molecular weight is 389 g/mol. The molecule has 146 valence electrons. The van der Waals surface area contributed by atoms with Crippen molar-refractivity contribution < 1.29 is 13.2 Å². The Bertz CT molecular complexity index is 890. The monoisotopic (exact) mass is 388 g/mol. The van der Waals surface area contributed by atoms with Crippen LogP contribution in [0, 0.1) is 13.8 Å². The fraction of sp³-hybridized carbons (Fsp3) is 0.381. The van der Waals surface area contributed by atoms with Gasteiger partial charge in [-0.3, -0.25) is 9.10 Å². The molecule has 0 atom stereocenters. The van der Waals surface area contributed by atoms with E-state index in [2.05, 4.69) is 12.2 Å². The maximum Gasteiger partial charge on any atom is 0.251 e. The van der Waals surface area contributed by atoms with Crippen molar-refractivity contribution in [3.05, 3.63) is 64.7 Å². The number of sulfonamides is 1. The van der Waals surface area contributed by atoms with E-state index >= 15 is 0 Å². The molecule has 1 N–H and O–H groups in total. The summed E-state index contributed by atoms with van der Waals surface area (Å²) in [5.74, 6) is -0.107. The van der Waals surface area contributed by atoms with Crippen molar-refractivity contribution in [2.75, 3.05) is 17.1 Å². The van der Waals surface area contributed by atoms with Gasteiger partial charge in [0.15, 0.2) is 0 Å². The second-order valence-corrected chi connectivity index (χ2v) is 8.77. The third kappa shape index (κ3) is 5.82. The van der Waals surface area contributed by atoms with Crippen molar-refractivity contribution in [3.63, 3.8) is 0 Å². The van der Waals surface area contributed by atoms with Gasteiger partial charge < -0.3 is 5.32 Å². The number of rotatable bonds is 8. The van der Waals surface area contributed by atoms with Gasteiger partial charge in [0.2, 0.25) is 10.0 Å². The number of carbonyl (C=O) groups excluding carboxylic acids is 1. The van der Waals surface area contributed by atoms with Gasteiger partial charge in [-0.25, -0.2) is 8.42 Å². The Hall–Kier alpha value is -2.34. The van der Waals surface area contributed by atoms with Crippen LogP contribution in [0.25, 0.3) is 0 Å². The number of hydrogen-bond donors (Lipinski definition) is 1. The molecule has 2 aromatic rings. The molecule has 0 aromatic heterocycles. The summed E-state index contributed by atoms with van der Waals surface area (Å²) in [6, 6.07) is 12.8. The van der Waals surface area contributed by atoms with Crippen LogP contribution in [0.1, 0.15) is 46.8 Å². The summed E-state index contributed by atoms with van der Waals surface area (Å²) in [6.07, 6.45) is 3.19. The Morgan fingerprint density at radius 1 is 1.07 bits per heavy atom. The lowest BCUT2D eigenvalue weighted by atomic mass is 10.1. The van der Waals surface area contributed by atoms with E-state index in [4.69, 9.17) is 0 Å². The highest BCUT2D eigenvalue weighted by atomic mass is 32.2. The van der Waals surface area contributed by atoms with Crippen molar-refractivity contribution in [2.24, 2.45) is 0 Å². The van der Waals surface area contributed by atoms with E-state index in [0.717, 1.165) is 29.5 Å². The largest absolute Gasteiger partial charge is 0.352 e. The minimum atomic E-state index is -3.44. The van der Waals surface area contributed by atoms with Crippen LogP contribution in [0.5, 0.6) is 0 Å². The van der Waals surface area contributed by atoms with Gasteiger partial charge >= 0.3 is 0 Å². The number of benzene rings is 2. The number of nitrogens with zero attached hydrogens (tertiary/aromatic N) is 1. The van der Waals surface area contributed by atoms with Gasteiger partial charge in [-0.2, -0.15) is 0 Å². The molecule has 0 fully saturated rings. The normalized spacial score (nSPS) is 11.3. The highest BCUT2D eigenvalue weighted by molar-refractivity contribution is 7.92. The van der Waals surface area contributed by atoms with Crippen molar-refractivity contribution in [1.82, 2.24) is 5.32 Å². The van der Waals surface area contributed by atoms with Crippen molar-refractivity contribution >= 4 is 21.6 Å². The summed E-state index contributed by atoms with van der Waals surface area (Å²) in [6.45, 7) is 6.79. The molecule has 0 heterocycles.